The van der Waals surface area contributed by atoms with Gasteiger partial charge in [0.2, 0.25) is 0 Å². The SMILES string of the molecule is CC1=CCC(C(C)(S)C(=O)OCc2ccccc2)CC1. The van der Waals surface area contributed by atoms with Crippen molar-refractivity contribution in [3.8, 4) is 0 Å². The van der Waals surface area contributed by atoms with Crippen molar-refractivity contribution in [2.24, 2.45) is 5.92 Å². The smallest absolute Gasteiger partial charge is 0.322 e. The molecule has 1 aliphatic rings. The molecule has 0 amide bonds. The van der Waals surface area contributed by atoms with Gasteiger partial charge in [0.05, 0.1) is 0 Å². The van der Waals surface area contributed by atoms with E-state index in [4.69, 9.17) is 4.74 Å². The van der Waals surface area contributed by atoms with Crippen LogP contribution in [0.3, 0.4) is 0 Å². The molecule has 1 aliphatic carbocycles. The molecule has 3 heteroatoms. The second-order valence-electron chi connectivity index (χ2n) is 5.73. The number of rotatable bonds is 4. The fraction of sp³-hybridized carbons (Fsp3) is 0.471. The lowest BCUT2D eigenvalue weighted by molar-refractivity contribution is -0.149. The molecule has 2 unspecified atom stereocenters. The van der Waals surface area contributed by atoms with Crippen LogP contribution in [0.1, 0.15) is 38.7 Å². The van der Waals surface area contributed by atoms with Crippen molar-refractivity contribution in [2.45, 2.75) is 44.5 Å². The number of hydrogen-bond donors (Lipinski definition) is 1. The average molecular weight is 290 g/mol. The summed E-state index contributed by atoms with van der Waals surface area (Å²) < 4.78 is 4.72. The van der Waals surface area contributed by atoms with Crippen molar-refractivity contribution in [2.75, 3.05) is 0 Å². The summed E-state index contributed by atoms with van der Waals surface area (Å²) in [6, 6.07) is 9.74. The molecule has 0 radical (unpaired) electrons. The summed E-state index contributed by atoms with van der Waals surface area (Å²) in [6.07, 6.45) is 5.18. The number of carbonyl (C=O) groups excluding carboxylic acids is 1. The number of allylic oxidation sites excluding steroid dienone is 2. The Balaban J connectivity index is 1.93. The van der Waals surface area contributed by atoms with Gasteiger partial charge in [0.25, 0.3) is 0 Å². The van der Waals surface area contributed by atoms with Gasteiger partial charge in [-0.3, -0.25) is 4.79 Å². The van der Waals surface area contributed by atoms with Gasteiger partial charge in [-0.1, -0.05) is 42.0 Å². The topological polar surface area (TPSA) is 26.3 Å². The van der Waals surface area contributed by atoms with E-state index in [-0.39, 0.29) is 11.9 Å². The van der Waals surface area contributed by atoms with Crippen LogP contribution >= 0.6 is 12.6 Å². The second-order valence-corrected chi connectivity index (χ2v) is 6.66. The highest BCUT2D eigenvalue weighted by Gasteiger charge is 2.39. The van der Waals surface area contributed by atoms with Crippen LogP contribution in [0.2, 0.25) is 0 Å². The number of hydrogen-bond acceptors (Lipinski definition) is 3. The van der Waals surface area contributed by atoms with E-state index in [1.54, 1.807) is 0 Å². The summed E-state index contributed by atoms with van der Waals surface area (Å²) >= 11 is 4.60. The summed E-state index contributed by atoms with van der Waals surface area (Å²) in [4.78, 5) is 12.3. The molecule has 0 bridgehead atoms. The zero-order chi connectivity index (χ0) is 14.6. The standard InChI is InChI=1S/C17H22O2S/c1-13-8-10-15(11-9-13)17(2,20)16(18)19-12-14-6-4-3-5-7-14/h3-8,15,20H,9-12H2,1-2H3. The van der Waals surface area contributed by atoms with Crippen molar-refractivity contribution >= 4 is 18.6 Å². The minimum atomic E-state index is -0.716. The Labute approximate surface area is 126 Å². The number of carbonyl (C=O) groups is 1. The van der Waals surface area contributed by atoms with Crippen LogP contribution in [0.4, 0.5) is 0 Å². The lowest BCUT2D eigenvalue weighted by atomic mass is 9.81. The van der Waals surface area contributed by atoms with Crippen molar-refractivity contribution in [1.82, 2.24) is 0 Å². The molecule has 0 saturated carbocycles. The maximum absolute atomic E-state index is 12.3. The molecular formula is C17H22O2S. The lowest BCUT2D eigenvalue weighted by Crippen LogP contribution is -2.39. The van der Waals surface area contributed by atoms with Gasteiger partial charge >= 0.3 is 5.97 Å². The van der Waals surface area contributed by atoms with Crippen LogP contribution in [-0.4, -0.2) is 10.7 Å². The molecule has 1 aromatic rings. The third-order valence-corrected chi connectivity index (χ3v) is 4.61. The Bertz CT molecular complexity index is 491. The van der Waals surface area contributed by atoms with Gasteiger partial charge in [-0.25, -0.2) is 0 Å². The first kappa shape index (κ1) is 15.2. The van der Waals surface area contributed by atoms with Crippen molar-refractivity contribution < 1.29 is 9.53 Å². The van der Waals surface area contributed by atoms with Crippen molar-refractivity contribution in [1.29, 1.82) is 0 Å². The zero-order valence-electron chi connectivity index (χ0n) is 12.1. The Kier molecular flexibility index (Phi) is 4.92. The Hall–Kier alpha value is -1.22. The molecule has 2 atom stereocenters. The maximum Gasteiger partial charge on any atom is 0.322 e. The number of benzene rings is 1. The van der Waals surface area contributed by atoms with Crippen molar-refractivity contribution in [3.05, 3.63) is 47.5 Å². The van der Waals surface area contributed by atoms with Crippen LogP contribution in [0.5, 0.6) is 0 Å². The molecule has 0 aromatic heterocycles. The van der Waals surface area contributed by atoms with Crippen LogP contribution in [0, 0.1) is 5.92 Å². The normalized spacial score (nSPS) is 21.8. The van der Waals surface area contributed by atoms with E-state index in [2.05, 4.69) is 25.6 Å². The predicted molar refractivity (Wildman–Crippen MR) is 84.7 cm³/mol. The fourth-order valence-corrected chi connectivity index (χ4v) is 2.81. The van der Waals surface area contributed by atoms with Gasteiger partial charge in [0.1, 0.15) is 11.4 Å². The first-order chi connectivity index (χ1) is 9.50. The van der Waals surface area contributed by atoms with E-state index in [0.29, 0.717) is 6.61 Å². The molecule has 0 heterocycles. The molecule has 0 aliphatic heterocycles. The maximum atomic E-state index is 12.3. The van der Waals surface area contributed by atoms with E-state index < -0.39 is 4.75 Å². The molecular weight excluding hydrogens is 268 g/mol. The average Bonchev–Trinajstić information content (AvgIpc) is 2.46. The van der Waals surface area contributed by atoms with Gasteiger partial charge in [0, 0.05) is 0 Å². The fourth-order valence-electron chi connectivity index (χ4n) is 2.51. The number of esters is 1. The monoisotopic (exact) mass is 290 g/mol. The van der Waals surface area contributed by atoms with Gasteiger partial charge < -0.3 is 4.74 Å². The van der Waals surface area contributed by atoms with Crippen LogP contribution < -0.4 is 0 Å². The largest absolute Gasteiger partial charge is 0.460 e. The highest BCUT2D eigenvalue weighted by molar-refractivity contribution is 7.82. The highest BCUT2D eigenvalue weighted by atomic mass is 32.1. The quantitative estimate of drug-likeness (QED) is 0.512. The Morgan fingerprint density at radius 1 is 1.40 bits per heavy atom. The second kappa shape index (κ2) is 6.49. The van der Waals surface area contributed by atoms with E-state index in [0.717, 1.165) is 24.8 Å². The first-order valence-corrected chi connectivity index (χ1v) is 7.54. The first-order valence-electron chi connectivity index (χ1n) is 7.09. The van der Waals surface area contributed by atoms with Gasteiger partial charge in [-0.2, -0.15) is 12.6 Å². The molecule has 0 saturated heterocycles. The van der Waals surface area contributed by atoms with Gasteiger partial charge in [-0.05, 0) is 44.6 Å². The Morgan fingerprint density at radius 2 is 2.10 bits per heavy atom. The summed E-state index contributed by atoms with van der Waals surface area (Å²) in [5.74, 6) is 0.0282. The third kappa shape index (κ3) is 3.66. The van der Waals surface area contributed by atoms with Crippen LogP contribution in [0.15, 0.2) is 42.0 Å². The molecule has 0 spiro atoms. The molecule has 2 rings (SSSR count). The van der Waals surface area contributed by atoms with E-state index >= 15 is 0 Å². The number of thiol groups is 1. The zero-order valence-corrected chi connectivity index (χ0v) is 13.0. The number of ether oxygens (including phenoxy) is 1. The van der Waals surface area contributed by atoms with Gasteiger partial charge in [-0.15, -0.1) is 0 Å². The van der Waals surface area contributed by atoms with E-state index in [1.807, 2.05) is 37.3 Å². The highest BCUT2D eigenvalue weighted by Crippen LogP contribution is 2.37. The van der Waals surface area contributed by atoms with E-state index in [1.165, 1.54) is 5.57 Å². The van der Waals surface area contributed by atoms with Crippen molar-refractivity contribution in [3.63, 3.8) is 0 Å². The predicted octanol–water partition coefficient (Wildman–Crippen LogP) is 4.16. The summed E-state index contributed by atoms with van der Waals surface area (Å²) in [7, 11) is 0. The van der Waals surface area contributed by atoms with Crippen LogP contribution in [0.25, 0.3) is 0 Å². The third-order valence-electron chi connectivity index (χ3n) is 4.06. The Morgan fingerprint density at radius 3 is 2.70 bits per heavy atom. The van der Waals surface area contributed by atoms with Crippen LogP contribution in [-0.2, 0) is 16.1 Å². The minimum absolute atomic E-state index is 0.220. The molecule has 1 aromatic carbocycles. The lowest BCUT2D eigenvalue weighted by Gasteiger charge is -2.33. The molecule has 0 fully saturated rings. The van der Waals surface area contributed by atoms with E-state index in [9.17, 15) is 4.79 Å². The molecule has 2 nitrogen and oxygen atoms in total. The summed E-state index contributed by atoms with van der Waals surface area (Å²) in [5.41, 5.74) is 2.41. The molecule has 20 heavy (non-hydrogen) atoms. The molecule has 108 valence electrons. The summed E-state index contributed by atoms with van der Waals surface area (Å²) in [5, 5.41) is 0. The molecule has 0 N–H and O–H groups in total. The summed E-state index contributed by atoms with van der Waals surface area (Å²) in [6.45, 7) is 4.33. The minimum Gasteiger partial charge on any atom is -0.460 e. The van der Waals surface area contributed by atoms with Gasteiger partial charge in [0.15, 0.2) is 0 Å².